The Bertz CT molecular complexity index is 1280. The van der Waals surface area contributed by atoms with Gasteiger partial charge in [0.2, 0.25) is 16.8 Å². The average molecular weight is 466 g/mol. The molecule has 8 nitrogen and oxygen atoms in total. The molecule has 1 N–H and O–H groups in total. The molecule has 0 radical (unpaired) electrons. The smallest absolute Gasteiger partial charge is 0.254 e. The van der Waals surface area contributed by atoms with Gasteiger partial charge in [-0.05, 0) is 66.4 Å². The molecular formula is C24H23N3O5S. The number of ether oxygens (including phenoxy) is 2. The predicted octanol–water partition coefficient (Wildman–Crippen LogP) is 3.27. The quantitative estimate of drug-likeness (QED) is 0.600. The van der Waals surface area contributed by atoms with Crippen LogP contribution in [0.4, 0.5) is 0 Å². The van der Waals surface area contributed by atoms with Crippen LogP contribution >= 0.6 is 0 Å². The number of nitrogens with one attached hydrogen (secondary N) is 1. The molecule has 0 saturated carbocycles. The first-order chi connectivity index (χ1) is 16.0. The number of pyridine rings is 1. The fourth-order valence-electron chi connectivity index (χ4n) is 4.22. The van der Waals surface area contributed by atoms with E-state index in [1.54, 1.807) is 47.6 Å². The van der Waals surface area contributed by atoms with Crippen LogP contribution in [0.1, 0.15) is 40.4 Å². The van der Waals surface area contributed by atoms with Crippen molar-refractivity contribution in [2.24, 2.45) is 0 Å². The summed E-state index contributed by atoms with van der Waals surface area (Å²) in [5.41, 5.74) is 2.12. The van der Waals surface area contributed by atoms with E-state index in [0.29, 0.717) is 23.6 Å². The lowest BCUT2D eigenvalue weighted by Gasteiger charge is -2.25. The minimum Gasteiger partial charge on any atom is -0.454 e. The van der Waals surface area contributed by atoms with Gasteiger partial charge < -0.3 is 14.4 Å². The normalized spacial score (nSPS) is 17.3. The minimum absolute atomic E-state index is 0.0371. The highest BCUT2D eigenvalue weighted by Crippen LogP contribution is 2.34. The summed E-state index contributed by atoms with van der Waals surface area (Å²) in [6, 6.07) is 15.2. The Morgan fingerprint density at radius 1 is 1.06 bits per heavy atom. The van der Waals surface area contributed by atoms with E-state index < -0.39 is 10.0 Å². The maximum absolute atomic E-state index is 13.3. The Labute approximate surface area is 192 Å². The summed E-state index contributed by atoms with van der Waals surface area (Å²) in [5, 5.41) is 0. The number of carbonyl (C=O) groups is 1. The summed E-state index contributed by atoms with van der Waals surface area (Å²) in [5.74, 6) is 1.05. The van der Waals surface area contributed by atoms with Gasteiger partial charge in [0, 0.05) is 31.0 Å². The fourth-order valence-corrected chi connectivity index (χ4v) is 5.28. The zero-order valence-corrected chi connectivity index (χ0v) is 18.6. The molecule has 2 aliphatic rings. The van der Waals surface area contributed by atoms with Crippen molar-refractivity contribution in [2.45, 2.75) is 30.3 Å². The van der Waals surface area contributed by atoms with Gasteiger partial charge in [-0.3, -0.25) is 9.78 Å². The van der Waals surface area contributed by atoms with Crippen LogP contribution in [0.5, 0.6) is 11.5 Å². The molecule has 1 unspecified atom stereocenters. The van der Waals surface area contributed by atoms with E-state index in [1.165, 1.54) is 12.1 Å². The van der Waals surface area contributed by atoms with Crippen molar-refractivity contribution in [3.05, 3.63) is 83.7 Å². The van der Waals surface area contributed by atoms with E-state index in [0.717, 1.165) is 24.0 Å². The monoisotopic (exact) mass is 465 g/mol. The van der Waals surface area contributed by atoms with Gasteiger partial charge in [-0.15, -0.1) is 0 Å². The molecule has 1 saturated heterocycles. The molecule has 9 heteroatoms. The number of fused-ring (bicyclic) bond motifs is 1. The van der Waals surface area contributed by atoms with Crippen molar-refractivity contribution in [3.63, 3.8) is 0 Å². The van der Waals surface area contributed by atoms with E-state index >= 15 is 0 Å². The highest BCUT2D eigenvalue weighted by Gasteiger charge is 2.31. The van der Waals surface area contributed by atoms with Gasteiger partial charge in [0.15, 0.2) is 11.5 Å². The first-order valence-electron chi connectivity index (χ1n) is 10.7. The van der Waals surface area contributed by atoms with E-state index in [9.17, 15) is 13.2 Å². The van der Waals surface area contributed by atoms with Crippen LogP contribution in [0.25, 0.3) is 0 Å². The molecule has 0 spiro atoms. The summed E-state index contributed by atoms with van der Waals surface area (Å²) in [4.78, 5) is 19.2. The number of benzene rings is 2. The summed E-state index contributed by atoms with van der Waals surface area (Å²) in [6.45, 7) is 0.878. The van der Waals surface area contributed by atoms with Gasteiger partial charge in [0.25, 0.3) is 5.91 Å². The van der Waals surface area contributed by atoms with Crippen molar-refractivity contribution < 1.29 is 22.7 Å². The number of nitrogens with zero attached hydrogens (tertiary/aromatic N) is 2. The first-order valence-corrected chi connectivity index (χ1v) is 12.2. The Morgan fingerprint density at radius 3 is 2.73 bits per heavy atom. The lowest BCUT2D eigenvalue weighted by molar-refractivity contribution is 0.0735. The standard InChI is InChI=1S/C24H23N3O5S/c28-24(27-12-2-5-21(27)18-8-10-25-11-9-18)19-3-1-4-20(14-19)33(29,30)26-15-17-6-7-22-23(13-17)32-16-31-22/h1,3-4,6-11,13-14,21,26H,2,5,12,15-16H2. The van der Waals surface area contributed by atoms with Gasteiger partial charge >= 0.3 is 0 Å². The lowest BCUT2D eigenvalue weighted by Crippen LogP contribution is -2.31. The Kier molecular flexibility index (Phi) is 5.74. The number of hydrogen-bond acceptors (Lipinski definition) is 6. The zero-order valence-electron chi connectivity index (χ0n) is 17.8. The van der Waals surface area contributed by atoms with Crippen LogP contribution in [0, 0.1) is 0 Å². The van der Waals surface area contributed by atoms with Crippen molar-refractivity contribution in [1.82, 2.24) is 14.6 Å². The number of sulfonamides is 1. The maximum Gasteiger partial charge on any atom is 0.254 e. The van der Waals surface area contributed by atoms with Gasteiger partial charge in [-0.1, -0.05) is 12.1 Å². The molecule has 1 atom stereocenters. The van der Waals surface area contributed by atoms with E-state index in [2.05, 4.69) is 9.71 Å². The summed E-state index contributed by atoms with van der Waals surface area (Å²) < 4.78 is 39.1. The second kappa shape index (κ2) is 8.84. The largest absolute Gasteiger partial charge is 0.454 e. The number of carbonyl (C=O) groups excluding carboxylic acids is 1. The van der Waals surface area contributed by atoms with E-state index in [-0.39, 0.29) is 30.2 Å². The minimum atomic E-state index is -3.82. The van der Waals surface area contributed by atoms with Gasteiger partial charge in [0.05, 0.1) is 10.9 Å². The Hall–Kier alpha value is -3.43. The first kappa shape index (κ1) is 21.4. The number of aromatic nitrogens is 1. The van der Waals surface area contributed by atoms with Crippen LogP contribution < -0.4 is 14.2 Å². The van der Waals surface area contributed by atoms with Gasteiger partial charge in [-0.2, -0.15) is 0 Å². The Morgan fingerprint density at radius 2 is 1.88 bits per heavy atom. The van der Waals surface area contributed by atoms with Crippen molar-refractivity contribution in [2.75, 3.05) is 13.3 Å². The number of likely N-dealkylation sites (tertiary alicyclic amines) is 1. The van der Waals surface area contributed by atoms with Gasteiger partial charge in [0.1, 0.15) is 0 Å². The number of rotatable bonds is 6. The summed E-state index contributed by atoms with van der Waals surface area (Å²) >= 11 is 0. The van der Waals surface area contributed by atoms with Crippen molar-refractivity contribution >= 4 is 15.9 Å². The van der Waals surface area contributed by atoms with Gasteiger partial charge in [-0.25, -0.2) is 13.1 Å². The average Bonchev–Trinajstić information content (AvgIpc) is 3.52. The van der Waals surface area contributed by atoms with Crippen LogP contribution in [-0.4, -0.2) is 37.5 Å². The third-order valence-electron chi connectivity index (χ3n) is 5.90. The molecule has 2 aliphatic heterocycles. The summed E-state index contributed by atoms with van der Waals surface area (Å²) in [7, 11) is -3.82. The molecule has 170 valence electrons. The highest BCUT2D eigenvalue weighted by atomic mass is 32.2. The second-order valence-corrected chi connectivity index (χ2v) is 9.74. The molecule has 0 bridgehead atoms. The molecule has 1 aromatic heterocycles. The predicted molar refractivity (Wildman–Crippen MR) is 120 cm³/mol. The molecule has 2 aromatic carbocycles. The molecule has 1 fully saturated rings. The Balaban J connectivity index is 1.32. The molecule has 1 amide bonds. The lowest BCUT2D eigenvalue weighted by atomic mass is 10.1. The number of amides is 1. The SMILES string of the molecule is O=C(c1cccc(S(=O)(=O)NCc2ccc3c(c2)OCO3)c1)N1CCCC1c1ccncc1. The molecular weight excluding hydrogens is 442 g/mol. The van der Waals surface area contributed by atoms with Crippen LogP contribution in [0.3, 0.4) is 0 Å². The second-order valence-electron chi connectivity index (χ2n) is 7.98. The van der Waals surface area contributed by atoms with Crippen molar-refractivity contribution in [3.8, 4) is 11.5 Å². The van der Waals surface area contributed by atoms with Crippen LogP contribution in [-0.2, 0) is 16.6 Å². The molecule has 5 rings (SSSR count). The van der Waals surface area contributed by atoms with Crippen LogP contribution in [0.2, 0.25) is 0 Å². The molecule has 33 heavy (non-hydrogen) atoms. The third-order valence-corrected chi connectivity index (χ3v) is 7.30. The zero-order chi connectivity index (χ0) is 22.8. The molecule has 3 aromatic rings. The maximum atomic E-state index is 13.3. The number of hydrogen-bond donors (Lipinski definition) is 1. The van der Waals surface area contributed by atoms with Crippen LogP contribution in [0.15, 0.2) is 71.9 Å². The summed E-state index contributed by atoms with van der Waals surface area (Å²) in [6.07, 6.45) is 5.20. The van der Waals surface area contributed by atoms with E-state index in [1.807, 2.05) is 12.1 Å². The fraction of sp³-hybridized carbons (Fsp3) is 0.250. The third kappa shape index (κ3) is 4.42. The van der Waals surface area contributed by atoms with Crippen molar-refractivity contribution in [1.29, 1.82) is 0 Å². The molecule has 0 aliphatic carbocycles. The molecule has 3 heterocycles. The topological polar surface area (TPSA) is 97.8 Å². The van der Waals surface area contributed by atoms with E-state index in [4.69, 9.17) is 9.47 Å². The highest BCUT2D eigenvalue weighted by molar-refractivity contribution is 7.89.